The van der Waals surface area contributed by atoms with Crippen molar-refractivity contribution in [1.82, 2.24) is 20.1 Å². The number of aryl methyl sites for hydroxylation is 1. The fourth-order valence-electron chi connectivity index (χ4n) is 2.54. The molecule has 0 aliphatic heterocycles. The van der Waals surface area contributed by atoms with Gasteiger partial charge in [-0.1, -0.05) is 43.3 Å². The lowest BCUT2D eigenvalue weighted by molar-refractivity contribution is -0.136. The van der Waals surface area contributed by atoms with E-state index in [1.165, 1.54) is 11.9 Å². The molecule has 0 bridgehead atoms. The fourth-order valence-corrected chi connectivity index (χ4v) is 2.54. The Bertz CT molecular complexity index is 887. The second kappa shape index (κ2) is 8.75. The highest BCUT2D eigenvalue weighted by Gasteiger charge is 2.13. The van der Waals surface area contributed by atoms with E-state index in [2.05, 4.69) is 27.6 Å². The molecule has 2 aromatic carbocycles. The van der Waals surface area contributed by atoms with Crippen molar-refractivity contribution in [3.63, 3.8) is 0 Å². The number of amides is 2. The zero-order chi connectivity index (χ0) is 19.1. The molecule has 1 heterocycles. The van der Waals surface area contributed by atoms with E-state index in [9.17, 15) is 9.59 Å². The van der Waals surface area contributed by atoms with Gasteiger partial charge in [-0.05, 0) is 35.2 Å². The van der Waals surface area contributed by atoms with Gasteiger partial charge in [0.15, 0.2) is 0 Å². The Hall–Kier alpha value is -3.48. The maximum Gasteiger partial charge on any atom is 0.313 e. The van der Waals surface area contributed by atoms with E-state index in [1.54, 1.807) is 23.1 Å². The molecule has 0 aliphatic rings. The van der Waals surface area contributed by atoms with Crippen molar-refractivity contribution in [2.45, 2.75) is 26.4 Å². The van der Waals surface area contributed by atoms with E-state index in [4.69, 9.17) is 0 Å². The molecule has 0 radical (unpaired) electrons. The number of hydrogen-bond acceptors (Lipinski definition) is 4. The minimum atomic E-state index is -0.679. The lowest BCUT2D eigenvalue weighted by Crippen LogP contribution is -2.34. The van der Waals surface area contributed by atoms with Gasteiger partial charge in [-0.25, -0.2) is 9.67 Å². The third kappa shape index (κ3) is 5.24. The summed E-state index contributed by atoms with van der Waals surface area (Å²) in [6, 6.07) is 15.2. The van der Waals surface area contributed by atoms with Crippen LogP contribution in [0.3, 0.4) is 0 Å². The number of benzene rings is 2. The Labute approximate surface area is 157 Å². The summed E-state index contributed by atoms with van der Waals surface area (Å²) in [5, 5.41) is 9.29. The molecule has 138 valence electrons. The van der Waals surface area contributed by atoms with Gasteiger partial charge in [0, 0.05) is 12.2 Å². The molecule has 0 saturated carbocycles. The quantitative estimate of drug-likeness (QED) is 0.657. The molecule has 7 heteroatoms. The van der Waals surface area contributed by atoms with E-state index < -0.39 is 11.8 Å². The third-order valence-corrected chi connectivity index (χ3v) is 4.11. The SMILES string of the molecule is CCc1ccc(NC(=O)C(=O)NCc2ccc(Cn3cncn3)cc2)cc1. The van der Waals surface area contributed by atoms with Crippen LogP contribution in [0.15, 0.2) is 61.2 Å². The standard InChI is InChI=1S/C20H21N5O2/c1-2-15-7-9-18(10-8-15)24-20(27)19(26)22-11-16-3-5-17(6-4-16)12-25-14-21-13-23-25/h3-10,13-14H,2,11-12H2,1H3,(H,22,26)(H,24,27). The molecule has 2 N–H and O–H groups in total. The molecule has 0 unspecified atom stereocenters. The number of carbonyl (C=O) groups excluding carboxylic acids is 2. The number of nitrogens with zero attached hydrogens (tertiary/aromatic N) is 3. The molecule has 7 nitrogen and oxygen atoms in total. The first kappa shape index (κ1) is 18.3. The Morgan fingerprint density at radius 3 is 2.22 bits per heavy atom. The fraction of sp³-hybridized carbons (Fsp3) is 0.200. The molecular formula is C20H21N5O2. The van der Waals surface area contributed by atoms with Crippen LogP contribution in [-0.2, 0) is 29.1 Å². The van der Waals surface area contributed by atoms with Crippen LogP contribution in [0.25, 0.3) is 0 Å². The minimum Gasteiger partial charge on any atom is -0.344 e. The summed E-state index contributed by atoms with van der Waals surface area (Å²) >= 11 is 0. The normalized spacial score (nSPS) is 10.4. The highest BCUT2D eigenvalue weighted by atomic mass is 16.2. The highest BCUT2D eigenvalue weighted by molar-refractivity contribution is 6.39. The predicted octanol–water partition coefficient (Wildman–Crippen LogP) is 2.14. The van der Waals surface area contributed by atoms with Crippen LogP contribution in [-0.4, -0.2) is 26.6 Å². The van der Waals surface area contributed by atoms with Gasteiger partial charge in [0.1, 0.15) is 12.7 Å². The first-order valence-corrected chi connectivity index (χ1v) is 8.72. The van der Waals surface area contributed by atoms with Gasteiger partial charge in [-0.2, -0.15) is 5.10 Å². The molecule has 1 aromatic heterocycles. The number of aromatic nitrogens is 3. The van der Waals surface area contributed by atoms with Crippen molar-refractivity contribution in [3.05, 3.63) is 77.9 Å². The first-order chi connectivity index (χ1) is 13.1. The van der Waals surface area contributed by atoms with Crippen LogP contribution in [0, 0.1) is 0 Å². The van der Waals surface area contributed by atoms with Crippen molar-refractivity contribution in [3.8, 4) is 0 Å². The summed E-state index contributed by atoms with van der Waals surface area (Å²) in [5.74, 6) is -1.34. The molecule has 0 atom stereocenters. The van der Waals surface area contributed by atoms with Gasteiger partial charge in [-0.3, -0.25) is 9.59 Å². The Kier molecular flexibility index (Phi) is 5.94. The Morgan fingerprint density at radius 2 is 1.59 bits per heavy atom. The molecule has 0 saturated heterocycles. The smallest absolute Gasteiger partial charge is 0.313 e. The summed E-state index contributed by atoms with van der Waals surface area (Å²) < 4.78 is 1.73. The van der Waals surface area contributed by atoms with E-state index in [0.29, 0.717) is 12.2 Å². The molecule has 0 spiro atoms. The monoisotopic (exact) mass is 363 g/mol. The topological polar surface area (TPSA) is 88.9 Å². The summed E-state index contributed by atoms with van der Waals surface area (Å²) in [4.78, 5) is 27.9. The average Bonchev–Trinajstić information content (AvgIpc) is 3.21. The van der Waals surface area contributed by atoms with E-state index >= 15 is 0 Å². The van der Waals surface area contributed by atoms with Crippen molar-refractivity contribution >= 4 is 17.5 Å². The zero-order valence-electron chi connectivity index (χ0n) is 15.1. The van der Waals surface area contributed by atoms with Crippen molar-refractivity contribution in [1.29, 1.82) is 0 Å². The highest BCUT2D eigenvalue weighted by Crippen LogP contribution is 2.10. The van der Waals surface area contributed by atoms with Gasteiger partial charge in [0.25, 0.3) is 0 Å². The summed E-state index contributed by atoms with van der Waals surface area (Å²) in [5.41, 5.74) is 3.75. The summed E-state index contributed by atoms with van der Waals surface area (Å²) in [6.07, 6.45) is 4.07. The average molecular weight is 363 g/mol. The van der Waals surface area contributed by atoms with Crippen LogP contribution in [0.2, 0.25) is 0 Å². The van der Waals surface area contributed by atoms with Gasteiger partial charge in [0.05, 0.1) is 6.54 Å². The van der Waals surface area contributed by atoms with Gasteiger partial charge < -0.3 is 10.6 Å². The van der Waals surface area contributed by atoms with Crippen LogP contribution in [0.5, 0.6) is 0 Å². The molecule has 3 rings (SSSR count). The largest absolute Gasteiger partial charge is 0.344 e. The molecule has 27 heavy (non-hydrogen) atoms. The first-order valence-electron chi connectivity index (χ1n) is 8.72. The van der Waals surface area contributed by atoms with Crippen LogP contribution < -0.4 is 10.6 Å². The van der Waals surface area contributed by atoms with Gasteiger partial charge in [-0.15, -0.1) is 0 Å². The van der Waals surface area contributed by atoms with Crippen LogP contribution in [0.4, 0.5) is 5.69 Å². The van der Waals surface area contributed by atoms with Gasteiger partial charge in [0.2, 0.25) is 0 Å². The van der Waals surface area contributed by atoms with Gasteiger partial charge >= 0.3 is 11.8 Å². The van der Waals surface area contributed by atoms with Crippen LogP contribution in [0.1, 0.15) is 23.6 Å². The lowest BCUT2D eigenvalue weighted by atomic mass is 10.1. The maximum atomic E-state index is 12.0. The predicted molar refractivity (Wildman–Crippen MR) is 102 cm³/mol. The number of nitrogens with one attached hydrogen (secondary N) is 2. The van der Waals surface area contributed by atoms with Crippen molar-refractivity contribution < 1.29 is 9.59 Å². The van der Waals surface area contributed by atoms with Crippen molar-refractivity contribution in [2.75, 3.05) is 5.32 Å². The lowest BCUT2D eigenvalue weighted by Gasteiger charge is -2.08. The van der Waals surface area contributed by atoms with Crippen molar-refractivity contribution in [2.24, 2.45) is 0 Å². The maximum absolute atomic E-state index is 12.0. The molecule has 2 amide bonds. The molecule has 3 aromatic rings. The van der Waals surface area contributed by atoms with E-state index in [-0.39, 0.29) is 6.54 Å². The Balaban J connectivity index is 1.48. The molecule has 0 aliphatic carbocycles. The minimum absolute atomic E-state index is 0.282. The number of rotatable bonds is 6. The second-order valence-electron chi connectivity index (χ2n) is 6.10. The summed E-state index contributed by atoms with van der Waals surface area (Å²) in [7, 11) is 0. The number of hydrogen-bond donors (Lipinski definition) is 2. The second-order valence-corrected chi connectivity index (χ2v) is 6.10. The molecule has 0 fully saturated rings. The third-order valence-electron chi connectivity index (χ3n) is 4.11. The zero-order valence-corrected chi connectivity index (χ0v) is 15.1. The molecular weight excluding hydrogens is 342 g/mol. The Morgan fingerprint density at radius 1 is 0.926 bits per heavy atom. The van der Waals surface area contributed by atoms with Crippen LogP contribution >= 0.6 is 0 Å². The summed E-state index contributed by atoms with van der Waals surface area (Å²) in [6.45, 7) is 2.97. The van der Waals surface area contributed by atoms with E-state index in [0.717, 1.165) is 17.5 Å². The number of carbonyl (C=O) groups is 2. The van der Waals surface area contributed by atoms with E-state index in [1.807, 2.05) is 36.4 Å². The number of anilines is 1.